The van der Waals surface area contributed by atoms with Gasteiger partial charge >= 0.3 is 0 Å². The predicted molar refractivity (Wildman–Crippen MR) is 77.4 cm³/mol. The lowest BCUT2D eigenvalue weighted by Crippen LogP contribution is -2.25. The lowest BCUT2D eigenvalue weighted by molar-refractivity contribution is 0.0165. The Morgan fingerprint density at radius 3 is 2.32 bits per heavy atom. The van der Waals surface area contributed by atoms with Crippen molar-refractivity contribution in [3.63, 3.8) is 0 Å². The third-order valence-electron chi connectivity index (χ3n) is 2.81. The highest BCUT2D eigenvalue weighted by Gasteiger charge is 2.14. The zero-order chi connectivity index (χ0) is 14.3. The van der Waals surface area contributed by atoms with Gasteiger partial charge in [0.15, 0.2) is 0 Å². The van der Waals surface area contributed by atoms with Crippen molar-refractivity contribution in [3.8, 4) is 23.7 Å². The minimum Gasteiger partial charge on any atom is -0.390 e. The van der Waals surface area contributed by atoms with Crippen molar-refractivity contribution in [1.82, 2.24) is 0 Å². The van der Waals surface area contributed by atoms with Crippen molar-refractivity contribution in [2.24, 2.45) is 0 Å². The molecule has 3 heteroatoms. The first kappa shape index (κ1) is 18.0. The highest BCUT2D eigenvalue weighted by Crippen LogP contribution is 2.10. The van der Waals surface area contributed by atoms with Crippen LogP contribution >= 0.6 is 0 Å². The monoisotopic (exact) mass is 266 g/mol. The fraction of sp³-hybridized carbons (Fsp3) is 0.750. The average molecular weight is 266 g/mol. The van der Waals surface area contributed by atoms with E-state index >= 15 is 0 Å². The largest absolute Gasteiger partial charge is 0.390 e. The molecule has 0 saturated carbocycles. The van der Waals surface area contributed by atoms with Crippen molar-refractivity contribution < 1.29 is 14.9 Å². The van der Waals surface area contributed by atoms with Gasteiger partial charge in [0, 0.05) is 13.5 Å². The first-order chi connectivity index (χ1) is 9.22. The molecule has 0 rings (SSSR count). The van der Waals surface area contributed by atoms with E-state index in [1.165, 1.54) is 19.3 Å². The van der Waals surface area contributed by atoms with Crippen LogP contribution in [0.15, 0.2) is 0 Å². The molecule has 2 unspecified atom stereocenters. The Morgan fingerprint density at radius 2 is 1.63 bits per heavy atom. The highest BCUT2D eigenvalue weighted by molar-refractivity contribution is 5.26. The highest BCUT2D eigenvalue weighted by atomic mass is 16.5. The second-order valence-corrected chi connectivity index (χ2v) is 4.58. The number of ether oxygens (including phenoxy) is 1. The number of methoxy groups -OCH3 is 1. The molecule has 0 radical (unpaired) electrons. The van der Waals surface area contributed by atoms with Crippen LogP contribution in [0.1, 0.15) is 51.9 Å². The number of hydrogen-bond acceptors (Lipinski definition) is 3. The summed E-state index contributed by atoms with van der Waals surface area (Å²) >= 11 is 0. The second kappa shape index (κ2) is 13.4. The summed E-state index contributed by atoms with van der Waals surface area (Å²) in [6.45, 7) is 2.53. The molecular weight excluding hydrogens is 240 g/mol. The number of rotatable bonds is 9. The van der Waals surface area contributed by atoms with Gasteiger partial charge in [-0.2, -0.15) is 0 Å². The summed E-state index contributed by atoms with van der Waals surface area (Å²) in [7, 11) is 1.57. The maximum absolute atomic E-state index is 9.74. The SMILES string of the molecule is CCCCCCCC(O)C(O)CC#CC#CCOC. The van der Waals surface area contributed by atoms with Crippen LogP contribution in [0.25, 0.3) is 0 Å². The van der Waals surface area contributed by atoms with Gasteiger partial charge in [-0.1, -0.05) is 50.9 Å². The maximum Gasteiger partial charge on any atom is 0.108 e. The van der Waals surface area contributed by atoms with Crippen LogP contribution in [0, 0.1) is 23.7 Å². The lowest BCUT2D eigenvalue weighted by Gasteiger charge is -2.15. The third kappa shape index (κ3) is 11.8. The van der Waals surface area contributed by atoms with E-state index in [-0.39, 0.29) is 6.42 Å². The van der Waals surface area contributed by atoms with E-state index in [1.54, 1.807) is 7.11 Å². The molecule has 0 aliphatic heterocycles. The first-order valence-corrected chi connectivity index (χ1v) is 7.03. The Labute approximate surface area is 117 Å². The fourth-order valence-corrected chi connectivity index (χ4v) is 1.64. The van der Waals surface area contributed by atoms with Crippen LogP contribution in [0.2, 0.25) is 0 Å². The number of aliphatic hydroxyl groups excluding tert-OH is 2. The van der Waals surface area contributed by atoms with Crippen molar-refractivity contribution >= 4 is 0 Å². The minimum atomic E-state index is -0.775. The summed E-state index contributed by atoms with van der Waals surface area (Å²) in [6.07, 6.45) is 5.18. The summed E-state index contributed by atoms with van der Waals surface area (Å²) in [5.41, 5.74) is 0. The molecule has 2 N–H and O–H groups in total. The number of aliphatic hydroxyl groups is 2. The molecule has 19 heavy (non-hydrogen) atoms. The van der Waals surface area contributed by atoms with Crippen molar-refractivity contribution in [2.75, 3.05) is 13.7 Å². The zero-order valence-corrected chi connectivity index (χ0v) is 12.1. The molecule has 108 valence electrons. The van der Waals surface area contributed by atoms with Gasteiger partial charge in [-0.05, 0) is 18.3 Å². The average Bonchev–Trinajstić information content (AvgIpc) is 2.42. The summed E-state index contributed by atoms with van der Waals surface area (Å²) in [6, 6.07) is 0. The van der Waals surface area contributed by atoms with Gasteiger partial charge in [-0.3, -0.25) is 0 Å². The molecule has 0 saturated heterocycles. The topological polar surface area (TPSA) is 49.7 Å². The van der Waals surface area contributed by atoms with E-state index < -0.39 is 12.2 Å². The normalized spacial score (nSPS) is 12.8. The van der Waals surface area contributed by atoms with Gasteiger partial charge in [0.1, 0.15) is 6.61 Å². The van der Waals surface area contributed by atoms with E-state index in [0.29, 0.717) is 13.0 Å². The van der Waals surface area contributed by atoms with Crippen LogP contribution in [0.4, 0.5) is 0 Å². The minimum absolute atomic E-state index is 0.262. The molecule has 3 nitrogen and oxygen atoms in total. The smallest absolute Gasteiger partial charge is 0.108 e. The van der Waals surface area contributed by atoms with Gasteiger partial charge in [-0.25, -0.2) is 0 Å². The molecule has 0 aliphatic carbocycles. The Morgan fingerprint density at radius 1 is 0.947 bits per heavy atom. The van der Waals surface area contributed by atoms with Gasteiger partial charge in [0.05, 0.1) is 12.2 Å². The summed E-state index contributed by atoms with van der Waals surface area (Å²) in [4.78, 5) is 0. The van der Waals surface area contributed by atoms with Crippen LogP contribution in [-0.4, -0.2) is 36.1 Å². The Balaban J connectivity index is 3.70. The van der Waals surface area contributed by atoms with Gasteiger partial charge in [0.2, 0.25) is 0 Å². The van der Waals surface area contributed by atoms with E-state index in [9.17, 15) is 10.2 Å². The molecule has 2 atom stereocenters. The molecule has 0 amide bonds. The zero-order valence-electron chi connectivity index (χ0n) is 12.1. The molecular formula is C16H26O3. The van der Waals surface area contributed by atoms with Crippen molar-refractivity contribution in [3.05, 3.63) is 0 Å². The van der Waals surface area contributed by atoms with Gasteiger partial charge in [0.25, 0.3) is 0 Å². The third-order valence-corrected chi connectivity index (χ3v) is 2.81. The predicted octanol–water partition coefficient (Wildman–Crippen LogP) is 2.11. The van der Waals surface area contributed by atoms with Crippen LogP contribution in [0.5, 0.6) is 0 Å². The molecule has 0 spiro atoms. The molecule has 0 aromatic rings. The van der Waals surface area contributed by atoms with Crippen molar-refractivity contribution in [1.29, 1.82) is 0 Å². The Hall–Kier alpha value is -1.00. The van der Waals surface area contributed by atoms with E-state index in [1.807, 2.05) is 0 Å². The maximum atomic E-state index is 9.74. The number of unbranched alkanes of at least 4 members (excludes halogenated alkanes) is 4. The van der Waals surface area contributed by atoms with Crippen LogP contribution in [0.3, 0.4) is 0 Å². The standard InChI is InChI=1S/C16H26O3/c1-3-4-5-6-9-12-15(17)16(18)13-10-7-8-11-14-19-2/h15-18H,3-6,9,12-14H2,1-2H3. The summed E-state index contributed by atoms with van der Waals surface area (Å²) in [5, 5.41) is 19.4. The summed E-state index contributed by atoms with van der Waals surface area (Å²) < 4.78 is 4.75. The second-order valence-electron chi connectivity index (χ2n) is 4.58. The Kier molecular flexibility index (Phi) is 12.7. The molecule has 0 aromatic heterocycles. The van der Waals surface area contributed by atoms with Gasteiger partial charge < -0.3 is 14.9 Å². The van der Waals surface area contributed by atoms with E-state index in [2.05, 4.69) is 30.6 Å². The number of hydrogen-bond donors (Lipinski definition) is 2. The molecule has 0 aliphatic rings. The quantitative estimate of drug-likeness (QED) is 0.496. The summed E-state index contributed by atoms with van der Waals surface area (Å²) in [5.74, 6) is 10.7. The van der Waals surface area contributed by atoms with Crippen LogP contribution < -0.4 is 0 Å². The van der Waals surface area contributed by atoms with Crippen LogP contribution in [-0.2, 0) is 4.74 Å². The molecule has 0 bridgehead atoms. The Bertz CT molecular complexity index is 316. The van der Waals surface area contributed by atoms with E-state index in [4.69, 9.17) is 4.74 Å². The fourth-order valence-electron chi connectivity index (χ4n) is 1.64. The van der Waals surface area contributed by atoms with E-state index in [0.717, 1.165) is 12.8 Å². The van der Waals surface area contributed by atoms with Crippen molar-refractivity contribution in [2.45, 2.75) is 64.1 Å². The molecule has 0 aromatic carbocycles. The molecule has 0 fully saturated rings. The molecule has 0 heterocycles. The van der Waals surface area contributed by atoms with Gasteiger partial charge in [-0.15, -0.1) is 0 Å². The first-order valence-electron chi connectivity index (χ1n) is 7.03. The lowest BCUT2D eigenvalue weighted by atomic mass is 10.0.